The molecule has 0 atom stereocenters. The van der Waals surface area contributed by atoms with Gasteiger partial charge in [0, 0.05) is 57.5 Å². The molecular formula is C18H28N4O. The molecule has 0 saturated carbocycles. The van der Waals surface area contributed by atoms with E-state index in [0.29, 0.717) is 0 Å². The van der Waals surface area contributed by atoms with Crippen LogP contribution in [0.1, 0.15) is 19.4 Å². The Kier molecular flexibility index (Phi) is 5.18. The molecule has 2 fully saturated rings. The van der Waals surface area contributed by atoms with Crippen molar-refractivity contribution in [3.05, 3.63) is 29.8 Å². The first-order valence-corrected chi connectivity index (χ1v) is 8.75. The van der Waals surface area contributed by atoms with Crippen LogP contribution >= 0.6 is 0 Å². The number of nitrogens with one attached hydrogen (secondary N) is 1. The Labute approximate surface area is 139 Å². The van der Waals surface area contributed by atoms with E-state index in [0.717, 1.165) is 57.9 Å². The van der Waals surface area contributed by atoms with Crippen molar-refractivity contribution >= 4 is 11.7 Å². The molecule has 5 nitrogen and oxygen atoms in total. The quantitative estimate of drug-likeness (QED) is 0.900. The molecule has 0 radical (unpaired) electrons. The average Bonchev–Trinajstić information content (AvgIpc) is 2.96. The summed E-state index contributed by atoms with van der Waals surface area (Å²) in [5, 5.41) is 3.39. The molecule has 2 amide bonds. The van der Waals surface area contributed by atoms with Crippen molar-refractivity contribution in [3.8, 4) is 0 Å². The van der Waals surface area contributed by atoms with Gasteiger partial charge in [-0.2, -0.15) is 0 Å². The molecule has 5 heteroatoms. The Morgan fingerprint density at radius 2 is 1.91 bits per heavy atom. The molecule has 1 aromatic rings. The summed E-state index contributed by atoms with van der Waals surface area (Å²) in [6.07, 6.45) is 1.05. The predicted molar refractivity (Wildman–Crippen MR) is 94.0 cm³/mol. The Hall–Kier alpha value is -1.59. The van der Waals surface area contributed by atoms with E-state index in [4.69, 9.17) is 0 Å². The molecule has 2 aliphatic heterocycles. The van der Waals surface area contributed by atoms with Crippen molar-refractivity contribution in [1.29, 1.82) is 0 Å². The number of piperazine rings is 1. The van der Waals surface area contributed by atoms with Gasteiger partial charge in [-0.15, -0.1) is 0 Å². The standard InChI is InChI=1S/C18H28N4O/c1-15(2)21-12-13-22(18(21)23)17-5-3-4-16(14-17)6-9-20-10-7-19-8-11-20/h3-5,14-15,19H,6-13H2,1-2H3. The summed E-state index contributed by atoms with van der Waals surface area (Å²) in [7, 11) is 0. The number of hydrogen-bond acceptors (Lipinski definition) is 3. The van der Waals surface area contributed by atoms with Gasteiger partial charge >= 0.3 is 6.03 Å². The Balaban J connectivity index is 1.62. The number of urea groups is 1. The number of rotatable bonds is 5. The van der Waals surface area contributed by atoms with Crippen LogP contribution in [0.2, 0.25) is 0 Å². The van der Waals surface area contributed by atoms with Gasteiger partial charge in [0.1, 0.15) is 0 Å². The smallest absolute Gasteiger partial charge is 0.320 e. The number of anilines is 1. The molecule has 126 valence electrons. The minimum Gasteiger partial charge on any atom is -0.320 e. The first kappa shape index (κ1) is 16.3. The summed E-state index contributed by atoms with van der Waals surface area (Å²) >= 11 is 0. The van der Waals surface area contributed by atoms with Gasteiger partial charge in [0.05, 0.1) is 0 Å². The average molecular weight is 316 g/mol. The van der Waals surface area contributed by atoms with Gasteiger partial charge in [-0.05, 0) is 38.0 Å². The Morgan fingerprint density at radius 1 is 1.13 bits per heavy atom. The van der Waals surface area contributed by atoms with E-state index in [1.54, 1.807) is 0 Å². The Morgan fingerprint density at radius 3 is 2.61 bits per heavy atom. The van der Waals surface area contributed by atoms with E-state index in [1.807, 2.05) is 9.80 Å². The van der Waals surface area contributed by atoms with E-state index >= 15 is 0 Å². The number of carbonyl (C=O) groups excluding carboxylic acids is 1. The molecule has 1 aromatic carbocycles. The lowest BCUT2D eigenvalue weighted by atomic mass is 10.1. The number of benzene rings is 1. The van der Waals surface area contributed by atoms with Crippen molar-refractivity contribution < 1.29 is 4.79 Å². The predicted octanol–water partition coefficient (Wildman–Crippen LogP) is 1.78. The van der Waals surface area contributed by atoms with Crippen LogP contribution in [0.4, 0.5) is 10.5 Å². The van der Waals surface area contributed by atoms with Crippen LogP contribution < -0.4 is 10.2 Å². The van der Waals surface area contributed by atoms with Crippen LogP contribution in [0.15, 0.2) is 24.3 Å². The molecule has 0 aromatic heterocycles. The second-order valence-electron chi connectivity index (χ2n) is 6.73. The minimum absolute atomic E-state index is 0.138. The summed E-state index contributed by atoms with van der Waals surface area (Å²) < 4.78 is 0. The van der Waals surface area contributed by atoms with Crippen molar-refractivity contribution in [2.45, 2.75) is 26.3 Å². The largest absolute Gasteiger partial charge is 0.324 e. The van der Waals surface area contributed by atoms with Gasteiger partial charge < -0.3 is 15.1 Å². The third-order valence-corrected chi connectivity index (χ3v) is 4.81. The molecule has 2 heterocycles. The van der Waals surface area contributed by atoms with Crippen molar-refractivity contribution in [2.24, 2.45) is 0 Å². The molecule has 2 aliphatic rings. The summed E-state index contributed by atoms with van der Waals surface area (Å²) in [5.74, 6) is 0. The molecule has 23 heavy (non-hydrogen) atoms. The molecule has 2 saturated heterocycles. The molecular weight excluding hydrogens is 288 g/mol. The second-order valence-corrected chi connectivity index (χ2v) is 6.73. The topological polar surface area (TPSA) is 38.8 Å². The maximum Gasteiger partial charge on any atom is 0.324 e. The number of nitrogens with zero attached hydrogens (tertiary/aromatic N) is 3. The van der Waals surface area contributed by atoms with E-state index in [2.05, 4.69) is 48.3 Å². The maximum atomic E-state index is 12.5. The van der Waals surface area contributed by atoms with E-state index in [9.17, 15) is 4.79 Å². The summed E-state index contributed by atoms with van der Waals surface area (Å²) in [5.41, 5.74) is 2.35. The molecule has 0 bridgehead atoms. The second kappa shape index (κ2) is 7.32. The number of hydrogen-bond donors (Lipinski definition) is 1. The van der Waals surface area contributed by atoms with Crippen LogP contribution in [-0.4, -0.2) is 67.7 Å². The van der Waals surface area contributed by atoms with Gasteiger partial charge in [-0.25, -0.2) is 4.79 Å². The van der Waals surface area contributed by atoms with Gasteiger partial charge in [0.2, 0.25) is 0 Å². The number of amides is 2. The fraction of sp³-hybridized carbons (Fsp3) is 0.611. The van der Waals surface area contributed by atoms with Gasteiger partial charge in [0.25, 0.3) is 0 Å². The third kappa shape index (κ3) is 3.85. The van der Waals surface area contributed by atoms with Crippen LogP contribution in [-0.2, 0) is 6.42 Å². The van der Waals surface area contributed by atoms with E-state index in [1.165, 1.54) is 5.56 Å². The van der Waals surface area contributed by atoms with Crippen LogP contribution in [0.25, 0.3) is 0 Å². The highest BCUT2D eigenvalue weighted by molar-refractivity contribution is 5.94. The Bertz CT molecular complexity index is 540. The van der Waals surface area contributed by atoms with Crippen molar-refractivity contribution in [3.63, 3.8) is 0 Å². The van der Waals surface area contributed by atoms with Gasteiger partial charge in [-0.1, -0.05) is 12.1 Å². The highest BCUT2D eigenvalue weighted by Crippen LogP contribution is 2.23. The summed E-state index contributed by atoms with van der Waals surface area (Å²) in [6.45, 7) is 11.3. The SMILES string of the molecule is CC(C)N1CCN(c2cccc(CCN3CCNCC3)c2)C1=O. The lowest BCUT2D eigenvalue weighted by molar-refractivity contribution is 0.209. The fourth-order valence-electron chi connectivity index (χ4n) is 3.37. The van der Waals surface area contributed by atoms with E-state index in [-0.39, 0.29) is 12.1 Å². The lowest BCUT2D eigenvalue weighted by Crippen LogP contribution is -2.44. The molecule has 0 unspecified atom stereocenters. The zero-order valence-corrected chi connectivity index (χ0v) is 14.3. The highest BCUT2D eigenvalue weighted by Gasteiger charge is 2.31. The van der Waals surface area contributed by atoms with Crippen molar-refractivity contribution in [2.75, 3.05) is 50.7 Å². The first-order chi connectivity index (χ1) is 11.1. The molecule has 1 N–H and O–H groups in total. The van der Waals surface area contributed by atoms with Crippen LogP contribution in [0.5, 0.6) is 0 Å². The van der Waals surface area contributed by atoms with Gasteiger partial charge in [-0.3, -0.25) is 4.90 Å². The molecule has 0 spiro atoms. The van der Waals surface area contributed by atoms with Crippen molar-refractivity contribution in [1.82, 2.24) is 15.1 Å². The normalized spacial score (nSPS) is 19.9. The molecule has 3 rings (SSSR count). The zero-order chi connectivity index (χ0) is 16.2. The van der Waals surface area contributed by atoms with Crippen LogP contribution in [0, 0.1) is 0 Å². The first-order valence-electron chi connectivity index (χ1n) is 8.75. The summed E-state index contributed by atoms with van der Waals surface area (Å²) in [4.78, 5) is 18.9. The van der Waals surface area contributed by atoms with Gasteiger partial charge in [0.15, 0.2) is 0 Å². The lowest BCUT2D eigenvalue weighted by Gasteiger charge is -2.27. The highest BCUT2D eigenvalue weighted by atomic mass is 16.2. The summed E-state index contributed by atoms with van der Waals surface area (Å²) in [6, 6.07) is 8.89. The van der Waals surface area contributed by atoms with Crippen LogP contribution in [0.3, 0.4) is 0 Å². The zero-order valence-electron chi connectivity index (χ0n) is 14.3. The number of carbonyl (C=O) groups is 1. The minimum atomic E-state index is 0.138. The third-order valence-electron chi connectivity index (χ3n) is 4.81. The monoisotopic (exact) mass is 316 g/mol. The molecule has 0 aliphatic carbocycles. The fourth-order valence-corrected chi connectivity index (χ4v) is 3.37. The maximum absolute atomic E-state index is 12.5. The van der Waals surface area contributed by atoms with E-state index < -0.39 is 0 Å².